The van der Waals surface area contributed by atoms with Gasteiger partial charge in [0, 0.05) is 35.9 Å². The van der Waals surface area contributed by atoms with Gasteiger partial charge in [-0.05, 0) is 36.2 Å². The Morgan fingerprint density at radius 2 is 2.16 bits per heavy atom. The van der Waals surface area contributed by atoms with E-state index in [-0.39, 0.29) is 35.3 Å². The lowest BCUT2D eigenvalue weighted by atomic mass is 9.86. The largest absolute Gasteiger partial charge is 0.489 e. The van der Waals surface area contributed by atoms with Crippen LogP contribution in [0.3, 0.4) is 0 Å². The average molecular weight is 449 g/mol. The Labute approximate surface area is 183 Å². The maximum atomic E-state index is 13.7. The van der Waals surface area contributed by atoms with E-state index in [0.717, 1.165) is 0 Å². The van der Waals surface area contributed by atoms with E-state index in [9.17, 15) is 19.1 Å². The number of amides is 2. The molecule has 164 valence electrons. The maximum Gasteiger partial charge on any atom is 0.253 e. The summed E-state index contributed by atoms with van der Waals surface area (Å²) in [6.07, 6.45) is 0.269. The monoisotopic (exact) mass is 448 g/mol. The Morgan fingerprint density at radius 1 is 1.39 bits per heavy atom. The number of hydrogen-bond acceptors (Lipinski definition) is 5. The molecular formula is C22H22ClFN2O5. The van der Waals surface area contributed by atoms with Gasteiger partial charge < -0.3 is 25.6 Å². The molecule has 31 heavy (non-hydrogen) atoms. The van der Waals surface area contributed by atoms with E-state index < -0.39 is 30.4 Å². The summed E-state index contributed by atoms with van der Waals surface area (Å²) < 4.78 is 19.1. The highest BCUT2D eigenvalue weighted by atomic mass is 35.5. The average Bonchev–Trinajstić information content (AvgIpc) is 2.74. The number of ether oxygens (including phenoxy) is 1. The molecule has 2 aromatic carbocycles. The van der Waals surface area contributed by atoms with E-state index >= 15 is 0 Å². The molecule has 0 fully saturated rings. The molecule has 0 spiro atoms. The quantitative estimate of drug-likeness (QED) is 0.521. The summed E-state index contributed by atoms with van der Waals surface area (Å²) in [5, 5.41) is 24.0. The minimum Gasteiger partial charge on any atom is -0.489 e. The first-order chi connectivity index (χ1) is 14.8. The van der Waals surface area contributed by atoms with Crippen LogP contribution >= 0.6 is 11.6 Å². The Bertz CT molecular complexity index is 1030. The molecule has 0 radical (unpaired) electrons. The van der Waals surface area contributed by atoms with Gasteiger partial charge in [-0.25, -0.2) is 4.39 Å². The van der Waals surface area contributed by atoms with E-state index in [1.54, 1.807) is 19.1 Å². The van der Waals surface area contributed by atoms with Crippen LogP contribution in [-0.4, -0.2) is 41.3 Å². The molecule has 0 saturated carbocycles. The van der Waals surface area contributed by atoms with Crippen LogP contribution in [-0.2, 0) is 9.59 Å². The second-order valence-corrected chi connectivity index (χ2v) is 7.59. The smallest absolute Gasteiger partial charge is 0.253 e. The second-order valence-electron chi connectivity index (χ2n) is 7.18. The second kappa shape index (κ2) is 9.91. The van der Waals surface area contributed by atoms with Crippen LogP contribution in [0.1, 0.15) is 23.5 Å². The summed E-state index contributed by atoms with van der Waals surface area (Å²) in [5.74, 6) is -1.58. The van der Waals surface area contributed by atoms with Gasteiger partial charge in [-0.2, -0.15) is 0 Å². The Morgan fingerprint density at radius 3 is 2.87 bits per heavy atom. The topological polar surface area (TPSA) is 108 Å². The van der Waals surface area contributed by atoms with Crippen LogP contribution in [0.15, 0.2) is 48.2 Å². The lowest BCUT2D eigenvalue weighted by Crippen LogP contribution is -2.32. The fraction of sp³-hybridized carbons (Fsp3) is 0.273. The summed E-state index contributed by atoms with van der Waals surface area (Å²) >= 11 is 6.17. The molecular weight excluding hydrogens is 427 g/mol. The zero-order chi connectivity index (χ0) is 22.5. The van der Waals surface area contributed by atoms with Crippen LogP contribution in [0.25, 0.3) is 0 Å². The zero-order valence-corrected chi connectivity index (χ0v) is 17.4. The van der Waals surface area contributed by atoms with Gasteiger partial charge in [0.05, 0.1) is 11.6 Å². The molecule has 0 aromatic heterocycles. The number of halogens is 2. The van der Waals surface area contributed by atoms with Crippen molar-refractivity contribution in [1.82, 2.24) is 5.32 Å². The van der Waals surface area contributed by atoms with Crippen molar-refractivity contribution in [3.63, 3.8) is 0 Å². The Hall–Kier alpha value is -2.94. The summed E-state index contributed by atoms with van der Waals surface area (Å²) in [6, 6.07) is 8.90. The van der Waals surface area contributed by atoms with Gasteiger partial charge >= 0.3 is 0 Å². The van der Waals surface area contributed by atoms with Crippen molar-refractivity contribution >= 4 is 29.1 Å². The number of nitrogens with one attached hydrogen (secondary N) is 2. The number of anilines is 1. The molecule has 0 bridgehead atoms. The molecule has 3 rings (SSSR count). The highest BCUT2D eigenvalue weighted by Gasteiger charge is 2.29. The number of benzene rings is 2. The van der Waals surface area contributed by atoms with E-state index in [1.165, 1.54) is 30.5 Å². The molecule has 0 saturated heterocycles. The van der Waals surface area contributed by atoms with Gasteiger partial charge in [-0.1, -0.05) is 23.7 Å². The van der Waals surface area contributed by atoms with E-state index in [0.29, 0.717) is 16.8 Å². The third-order valence-electron chi connectivity index (χ3n) is 4.84. The molecule has 1 aliphatic rings. The number of aliphatic hydroxyl groups is 2. The van der Waals surface area contributed by atoms with Crippen LogP contribution < -0.4 is 15.4 Å². The van der Waals surface area contributed by atoms with E-state index in [4.69, 9.17) is 21.4 Å². The number of rotatable bonds is 7. The lowest BCUT2D eigenvalue weighted by molar-refractivity contribution is -0.121. The zero-order valence-electron chi connectivity index (χ0n) is 16.7. The molecule has 1 heterocycles. The highest BCUT2D eigenvalue weighted by molar-refractivity contribution is 6.32. The molecule has 9 heteroatoms. The molecule has 2 unspecified atom stereocenters. The Kier molecular flexibility index (Phi) is 7.27. The van der Waals surface area contributed by atoms with Crippen molar-refractivity contribution in [2.24, 2.45) is 0 Å². The number of carbonyl (C=O) groups excluding carboxylic acids is 2. The van der Waals surface area contributed by atoms with Crippen LogP contribution in [0.2, 0.25) is 5.02 Å². The van der Waals surface area contributed by atoms with E-state index in [2.05, 4.69) is 10.6 Å². The van der Waals surface area contributed by atoms with Gasteiger partial charge in [0.15, 0.2) is 0 Å². The van der Waals surface area contributed by atoms with Crippen molar-refractivity contribution in [2.45, 2.75) is 25.4 Å². The molecule has 2 amide bonds. The van der Waals surface area contributed by atoms with Crippen LogP contribution in [0.4, 0.5) is 10.1 Å². The minimum atomic E-state index is -1.07. The van der Waals surface area contributed by atoms with Crippen molar-refractivity contribution in [3.8, 4) is 5.75 Å². The molecule has 4 N–H and O–H groups in total. The van der Waals surface area contributed by atoms with Crippen LogP contribution in [0.5, 0.6) is 5.75 Å². The first-order valence-corrected chi connectivity index (χ1v) is 9.94. The third-order valence-corrected chi connectivity index (χ3v) is 5.13. The van der Waals surface area contributed by atoms with Gasteiger partial charge in [0.1, 0.15) is 24.3 Å². The Balaban J connectivity index is 1.84. The first-order valence-electron chi connectivity index (χ1n) is 9.56. The number of aliphatic hydroxyl groups excluding tert-OH is 2. The SMILES string of the molecule is Cc1cc(Cl)c(OCC(O)CO)cc1NC(=O)C1=CNC(=O)CC1c1cccc(F)c1. The molecule has 2 atom stereocenters. The number of carbonyl (C=O) groups is 2. The predicted octanol–water partition coefficient (Wildman–Crippen LogP) is 2.65. The molecule has 7 nitrogen and oxygen atoms in total. The summed E-state index contributed by atoms with van der Waals surface area (Å²) in [5.41, 5.74) is 1.87. The molecule has 0 aliphatic carbocycles. The normalized spacial score (nSPS) is 16.9. The van der Waals surface area contributed by atoms with Gasteiger partial charge in [0.2, 0.25) is 5.91 Å². The highest BCUT2D eigenvalue weighted by Crippen LogP contribution is 2.34. The summed E-state index contributed by atoms with van der Waals surface area (Å²) in [6.45, 7) is 1.11. The fourth-order valence-corrected chi connectivity index (χ4v) is 3.46. The van der Waals surface area contributed by atoms with Gasteiger partial charge in [-0.3, -0.25) is 9.59 Å². The number of aryl methyl sites for hydroxylation is 1. The predicted molar refractivity (Wildman–Crippen MR) is 113 cm³/mol. The van der Waals surface area contributed by atoms with Crippen molar-refractivity contribution < 1.29 is 28.9 Å². The maximum absolute atomic E-state index is 13.7. The lowest BCUT2D eigenvalue weighted by Gasteiger charge is -2.24. The van der Waals surface area contributed by atoms with Crippen molar-refractivity contribution in [3.05, 3.63) is 70.1 Å². The third kappa shape index (κ3) is 5.61. The van der Waals surface area contributed by atoms with Gasteiger partial charge in [0.25, 0.3) is 5.91 Å². The van der Waals surface area contributed by atoms with Crippen molar-refractivity contribution in [1.29, 1.82) is 0 Å². The molecule has 2 aromatic rings. The van der Waals surface area contributed by atoms with E-state index in [1.807, 2.05) is 0 Å². The minimum absolute atomic E-state index is 0.00964. The standard InChI is InChI=1S/C22H22ClFN2O5/c1-12-5-18(23)20(31-11-15(28)10-27)8-19(12)26-22(30)17-9-25-21(29)7-16(17)13-3-2-4-14(24)6-13/h2-6,8-9,15-16,27-28H,7,10-11H2,1H3,(H,25,29)(H,26,30). The first kappa shape index (κ1) is 22.7. The van der Waals surface area contributed by atoms with Crippen LogP contribution in [0, 0.1) is 12.7 Å². The van der Waals surface area contributed by atoms with Gasteiger partial charge in [-0.15, -0.1) is 0 Å². The van der Waals surface area contributed by atoms with Crippen molar-refractivity contribution in [2.75, 3.05) is 18.5 Å². The fourth-order valence-electron chi connectivity index (χ4n) is 3.19. The number of hydrogen-bond donors (Lipinski definition) is 4. The molecule has 1 aliphatic heterocycles. The summed E-state index contributed by atoms with van der Waals surface area (Å²) in [7, 11) is 0. The summed E-state index contributed by atoms with van der Waals surface area (Å²) in [4.78, 5) is 24.9.